The van der Waals surface area contributed by atoms with Gasteiger partial charge in [0.25, 0.3) is 0 Å². The first kappa shape index (κ1) is 42.5. The molecule has 2 aromatic heterocycles. The third-order valence-electron chi connectivity index (χ3n) is 11.7. The first-order chi connectivity index (χ1) is 28.2. The van der Waals surface area contributed by atoms with Crippen LogP contribution in [-0.2, 0) is 31.9 Å². The summed E-state index contributed by atoms with van der Waals surface area (Å²) in [6.07, 6.45) is 1.88. The largest absolute Gasteiger partial charge is 0.496 e. The van der Waals surface area contributed by atoms with Gasteiger partial charge in [-0.1, -0.05) is 152 Å². The summed E-state index contributed by atoms with van der Waals surface area (Å²) >= 11 is 0. The van der Waals surface area contributed by atoms with Crippen LogP contribution in [0.3, 0.4) is 0 Å². The molecule has 0 aliphatic rings. The van der Waals surface area contributed by atoms with E-state index in [-0.39, 0.29) is 31.9 Å². The number of para-hydroxylation sites is 1. The molecule has 0 aliphatic carbocycles. The molecule has 306 valence electrons. The van der Waals surface area contributed by atoms with Crippen molar-refractivity contribution >= 4 is 11.0 Å². The molecule has 0 aliphatic heterocycles. The van der Waals surface area contributed by atoms with Gasteiger partial charge in [-0.05, 0) is 105 Å². The summed E-state index contributed by atoms with van der Waals surface area (Å²) in [4.78, 5) is 10.6. The second-order valence-corrected chi connectivity index (χ2v) is 18.1. The second-order valence-electron chi connectivity index (χ2n) is 18.1. The topological polar surface area (TPSA) is 39.9 Å². The number of benzene rings is 6. The maximum atomic E-state index is 6.48. The molecule has 2 heterocycles. The maximum absolute atomic E-state index is 6.48. The minimum atomic E-state index is -0.188. The summed E-state index contributed by atoms with van der Waals surface area (Å²) in [5.41, 5.74) is 17.4. The fourth-order valence-corrected chi connectivity index (χ4v) is 8.27. The van der Waals surface area contributed by atoms with Crippen LogP contribution in [0.15, 0.2) is 146 Å². The van der Waals surface area contributed by atoms with E-state index in [1.165, 1.54) is 22.3 Å². The Morgan fingerprint density at radius 3 is 1.87 bits per heavy atom. The smallest absolute Gasteiger partial charge is 0.149 e. The van der Waals surface area contributed by atoms with Gasteiger partial charge >= 0.3 is 0 Å². The fourth-order valence-electron chi connectivity index (χ4n) is 8.27. The molecule has 0 fully saturated rings. The standard InChI is InChI=1S/C55H55N3O.Pt/c1-35(2)40-31-43(36(3)44(32-40)48-25-17-18-29-56-48)42-24-19-26-50-51(42)57-53(46-33-41(54(4,5)6)34-47(52(46)59-10)55(7,8)9)58(50)49-28-27-39(37-20-13-11-14-21-37)30-45(49)38-22-15-12-16-23-38;/h11-35H,1-10H3;. The Balaban J connectivity index is 0.00000544. The first-order valence-corrected chi connectivity index (χ1v) is 20.8. The summed E-state index contributed by atoms with van der Waals surface area (Å²) in [7, 11) is 1.80. The van der Waals surface area contributed by atoms with Gasteiger partial charge in [-0.25, -0.2) is 4.98 Å². The number of hydrogen-bond donors (Lipinski definition) is 0. The van der Waals surface area contributed by atoms with Crippen LogP contribution in [0.25, 0.3) is 72.7 Å². The molecule has 0 unspecified atom stereocenters. The quantitative estimate of drug-likeness (QED) is 0.152. The molecule has 5 heteroatoms. The van der Waals surface area contributed by atoms with Crippen molar-refractivity contribution in [3.05, 3.63) is 168 Å². The predicted octanol–water partition coefficient (Wildman–Crippen LogP) is 14.8. The third kappa shape index (κ3) is 8.03. The zero-order valence-corrected chi connectivity index (χ0v) is 38.8. The molecule has 6 aromatic carbocycles. The van der Waals surface area contributed by atoms with Gasteiger partial charge < -0.3 is 4.74 Å². The average molecular weight is 969 g/mol. The Labute approximate surface area is 371 Å². The molecule has 0 spiro atoms. The molecule has 4 nitrogen and oxygen atoms in total. The number of rotatable bonds is 8. The van der Waals surface area contributed by atoms with Crippen molar-refractivity contribution in [1.29, 1.82) is 0 Å². The second kappa shape index (κ2) is 16.8. The summed E-state index contributed by atoms with van der Waals surface area (Å²) in [6, 6.07) is 50.3. The van der Waals surface area contributed by atoms with Crippen LogP contribution in [0.1, 0.15) is 83.6 Å². The van der Waals surface area contributed by atoms with E-state index in [4.69, 9.17) is 14.7 Å². The number of ether oxygens (including phenoxy) is 1. The van der Waals surface area contributed by atoms with Crippen molar-refractivity contribution in [1.82, 2.24) is 14.5 Å². The summed E-state index contributed by atoms with van der Waals surface area (Å²) in [5.74, 6) is 2.01. The normalized spacial score (nSPS) is 11.8. The molecule has 0 bridgehead atoms. The van der Waals surface area contributed by atoms with Crippen molar-refractivity contribution in [2.24, 2.45) is 0 Å². The number of pyridine rings is 1. The van der Waals surface area contributed by atoms with Crippen molar-refractivity contribution in [2.75, 3.05) is 7.11 Å². The van der Waals surface area contributed by atoms with Crippen LogP contribution in [0.2, 0.25) is 0 Å². The predicted molar refractivity (Wildman–Crippen MR) is 249 cm³/mol. The van der Waals surface area contributed by atoms with Gasteiger partial charge in [0.1, 0.15) is 11.6 Å². The van der Waals surface area contributed by atoms with Gasteiger partial charge in [-0.3, -0.25) is 9.55 Å². The number of imidazole rings is 1. The molecule has 0 N–H and O–H groups in total. The Morgan fingerprint density at radius 2 is 1.25 bits per heavy atom. The SMILES string of the molecule is COc1c(-c2nc3c(-c4cc(C(C)C)cc(-c5ccccn5)c4C)cccc3n2-c2ccc(-c3ccccc3)cc2-c2ccccc2)cc(C(C)(C)C)cc1C(C)(C)C.[Pt]. The van der Waals surface area contributed by atoms with Crippen LogP contribution >= 0.6 is 0 Å². The van der Waals surface area contributed by atoms with Crippen molar-refractivity contribution in [3.63, 3.8) is 0 Å². The van der Waals surface area contributed by atoms with Gasteiger partial charge in [-0.15, -0.1) is 0 Å². The van der Waals surface area contributed by atoms with Crippen LogP contribution in [0, 0.1) is 6.92 Å². The maximum Gasteiger partial charge on any atom is 0.149 e. The molecule has 8 rings (SSSR count). The van der Waals surface area contributed by atoms with Gasteiger partial charge in [0.15, 0.2) is 0 Å². The molecule has 60 heavy (non-hydrogen) atoms. The van der Waals surface area contributed by atoms with E-state index in [9.17, 15) is 0 Å². The van der Waals surface area contributed by atoms with E-state index in [2.05, 4.69) is 200 Å². The Bertz CT molecular complexity index is 2790. The molecular formula is C55H55N3OPt. The molecule has 0 radical (unpaired) electrons. The Hall–Kier alpha value is -5.57. The monoisotopic (exact) mass is 968 g/mol. The van der Waals surface area contributed by atoms with E-state index >= 15 is 0 Å². The number of fused-ring (bicyclic) bond motifs is 1. The number of nitrogens with zero attached hydrogens (tertiary/aromatic N) is 3. The van der Waals surface area contributed by atoms with E-state index in [1.807, 2.05) is 12.3 Å². The van der Waals surface area contributed by atoms with Gasteiger partial charge in [-0.2, -0.15) is 0 Å². The minimum Gasteiger partial charge on any atom is -0.496 e. The van der Waals surface area contributed by atoms with Crippen LogP contribution in [0.4, 0.5) is 0 Å². The van der Waals surface area contributed by atoms with Crippen molar-refractivity contribution < 1.29 is 25.8 Å². The van der Waals surface area contributed by atoms with E-state index in [0.717, 1.165) is 78.5 Å². The van der Waals surface area contributed by atoms with Gasteiger partial charge in [0.05, 0.1) is 35.1 Å². The average Bonchev–Trinajstić information content (AvgIpc) is 3.63. The molecule has 8 aromatic rings. The number of aromatic nitrogens is 3. The van der Waals surface area contributed by atoms with Crippen LogP contribution in [-0.4, -0.2) is 21.6 Å². The Morgan fingerprint density at radius 1 is 0.583 bits per heavy atom. The fraction of sp³-hybridized carbons (Fsp3) is 0.236. The molecule has 0 saturated carbocycles. The number of hydrogen-bond acceptors (Lipinski definition) is 3. The van der Waals surface area contributed by atoms with Gasteiger partial charge in [0.2, 0.25) is 0 Å². The summed E-state index contributed by atoms with van der Waals surface area (Å²) < 4.78 is 8.87. The van der Waals surface area contributed by atoms with Crippen LogP contribution < -0.4 is 4.74 Å². The van der Waals surface area contributed by atoms with E-state index in [0.29, 0.717) is 5.92 Å². The van der Waals surface area contributed by atoms with E-state index in [1.54, 1.807) is 7.11 Å². The Kier molecular flexibility index (Phi) is 11.9. The third-order valence-corrected chi connectivity index (χ3v) is 11.7. The minimum absolute atomic E-state index is 0. The van der Waals surface area contributed by atoms with Crippen molar-refractivity contribution in [3.8, 4) is 67.5 Å². The zero-order valence-electron chi connectivity index (χ0n) is 36.5. The van der Waals surface area contributed by atoms with Crippen molar-refractivity contribution in [2.45, 2.75) is 79.1 Å². The molecule has 0 atom stereocenters. The van der Waals surface area contributed by atoms with Crippen LogP contribution in [0.5, 0.6) is 5.75 Å². The van der Waals surface area contributed by atoms with Gasteiger partial charge in [0, 0.05) is 49.5 Å². The first-order valence-electron chi connectivity index (χ1n) is 20.8. The molecule has 0 amide bonds. The van der Waals surface area contributed by atoms with E-state index < -0.39 is 0 Å². The summed E-state index contributed by atoms with van der Waals surface area (Å²) in [6.45, 7) is 20.4. The number of methoxy groups -OCH3 is 1. The zero-order chi connectivity index (χ0) is 41.6. The molecule has 0 saturated heterocycles. The molecular weight excluding hydrogens is 914 g/mol. The summed E-state index contributed by atoms with van der Waals surface area (Å²) in [5, 5.41) is 0.